The molecule has 0 saturated heterocycles. The lowest BCUT2D eigenvalue weighted by molar-refractivity contribution is 0.0676. The van der Waals surface area contributed by atoms with Crippen LogP contribution in [0.5, 0.6) is 0 Å². The van der Waals surface area contributed by atoms with Crippen LogP contribution in [0.15, 0.2) is 30.6 Å². The van der Waals surface area contributed by atoms with Gasteiger partial charge in [0.15, 0.2) is 11.6 Å². The minimum absolute atomic E-state index is 0. The standard InChI is InChI=1S/C19H22N8O.ClH/c1-13-10-26(19(28)15-11-25-9-8-20-7-5-16(25)22-15)12-17-23-24-18(27(13)17)14-4-2-3-6-21-14;/h2-4,6,11,13,20H,5,7-10,12H2,1H3;1H/t13-;/m0./s1. The molecule has 3 aromatic heterocycles. The van der Waals surface area contributed by atoms with Crippen LogP contribution in [0.4, 0.5) is 0 Å². The summed E-state index contributed by atoms with van der Waals surface area (Å²) in [6.45, 7) is 5.72. The van der Waals surface area contributed by atoms with Gasteiger partial charge < -0.3 is 19.4 Å². The average molecular weight is 415 g/mol. The second kappa shape index (κ2) is 7.92. The molecule has 152 valence electrons. The average Bonchev–Trinajstić information content (AvgIpc) is 3.27. The molecule has 1 N–H and O–H groups in total. The van der Waals surface area contributed by atoms with E-state index >= 15 is 0 Å². The van der Waals surface area contributed by atoms with Crippen LogP contribution < -0.4 is 5.32 Å². The zero-order valence-electron chi connectivity index (χ0n) is 16.2. The van der Waals surface area contributed by atoms with Gasteiger partial charge in [-0.1, -0.05) is 6.07 Å². The highest BCUT2D eigenvalue weighted by atomic mass is 35.5. The maximum Gasteiger partial charge on any atom is 0.274 e. The predicted octanol–water partition coefficient (Wildman–Crippen LogP) is 1.32. The van der Waals surface area contributed by atoms with Gasteiger partial charge in [-0.25, -0.2) is 4.98 Å². The maximum atomic E-state index is 13.1. The van der Waals surface area contributed by atoms with E-state index in [1.165, 1.54) is 0 Å². The minimum Gasteiger partial charge on any atom is -0.333 e. The minimum atomic E-state index is -0.0472. The summed E-state index contributed by atoms with van der Waals surface area (Å²) in [6, 6.07) is 5.80. The molecule has 0 aromatic carbocycles. The van der Waals surface area contributed by atoms with E-state index in [0.29, 0.717) is 18.8 Å². The van der Waals surface area contributed by atoms with E-state index in [4.69, 9.17) is 0 Å². The maximum absolute atomic E-state index is 13.1. The quantitative estimate of drug-likeness (QED) is 0.679. The Kier molecular flexibility index (Phi) is 5.33. The van der Waals surface area contributed by atoms with Crippen molar-refractivity contribution in [3.63, 3.8) is 0 Å². The number of nitrogens with one attached hydrogen (secondary N) is 1. The molecule has 5 heterocycles. The summed E-state index contributed by atoms with van der Waals surface area (Å²) in [6.07, 6.45) is 4.47. The molecule has 0 aliphatic carbocycles. The first-order chi connectivity index (χ1) is 13.7. The van der Waals surface area contributed by atoms with Gasteiger partial charge in [0, 0.05) is 45.0 Å². The lowest BCUT2D eigenvalue weighted by Gasteiger charge is -2.32. The molecule has 3 aromatic rings. The summed E-state index contributed by atoms with van der Waals surface area (Å²) in [4.78, 5) is 23.9. The molecule has 9 nitrogen and oxygen atoms in total. The predicted molar refractivity (Wildman–Crippen MR) is 109 cm³/mol. The van der Waals surface area contributed by atoms with Crippen LogP contribution in [-0.2, 0) is 19.5 Å². The number of rotatable bonds is 2. The summed E-state index contributed by atoms with van der Waals surface area (Å²) in [5.74, 6) is 2.45. The highest BCUT2D eigenvalue weighted by Crippen LogP contribution is 2.27. The molecule has 29 heavy (non-hydrogen) atoms. The third-order valence-electron chi connectivity index (χ3n) is 5.34. The number of amides is 1. The molecule has 2 aliphatic heterocycles. The number of hydrogen-bond donors (Lipinski definition) is 1. The van der Waals surface area contributed by atoms with E-state index in [1.54, 1.807) is 6.20 Å². The van der Waals surface area contributed by atoms with Crippen LogP contribution >= 0.6 is 12.4 Å². The summed E-state index contributed by atoms with van der Waals surface area (Å²) < 4.78 is 4.17. The third-order valence-corrected chi connectivity index (χ3v) is 5.34. The topological polar surface area (TPSA) is 93.8 Å². The molecule has 5 rings (SSSR count). The van der Waals surface area contributed by atoms with Crippen molar-refractivity contribution in [2.75, 3.05) is 19.6 Å². The Morgan fingerprint density at radius 3 is 2.93 bits per heavy atom. The summed E-state index contributed by atoms with van der Waals surface area (Å²) in [5.41, 5.74) is 1.31. The zero-order chi connectivity index (χ0) is 19.1. The SMILES string of the molecule is C[C@H]1CN(C(=O)c2cn3c(n2)CCNCC3)Cc2nnc(-c3ccccn3)n21.Cl. The van der Waals surface area contributed by atoms with Crippen LogP contribution in [0.2, 0.25) is 0 Å². The van der Waals surface area contributed by atoms with Gasteiger partial charge >= 0.3 is 0 Å². The van der Waals surface area contributed by atoms with Crippen LogP contribution in [0, 0.1) is 0 Å². The van der Waals surface area contributed by atoms with Gasteiger partial charge in [-0.15, -0.1) is 22.6 Å². The highest BCUT2D eigenvalue weighted by molar-refractivity contribution is 5.92. The first kappa shape index (κ1) is 19.5. The number of aromatic nitrogens is 6. The second-order valence-electron chi connectivity index (χ2n) is 7.30. The fourth-order valence-corrected chi connectivity index (χ4v) is 3.99. The summed E-state index contributed by atoms with van der Waals surface area (Å²) >= 11 is 0. The number of pyridine rings is 1. The third kappa shape index (κ3) is 3.51. The van der Waals surface area contributed by atoms with Crippen molar-refractivity contribution >= 4 is 18.3 Å². The number of carbonyl (C=O) groups is 1. The van der Waals surface area contributed by atoms with Crippen molar-refractivity contribution in [3.8, 4) is 11.5 Å². The summed E-state index contributed by atoms with van der Waals surface area (Å²) in [7, 11) is 0. The first-order valence-electron chi connectivity index (χ1n) is 9.62. The molecule has 0 saturated carbocycles. The summed E-state index contributed by atoms with van der Waals surface area (Å²) in [5, 5.41) is 12.0. The fourth-order valence-electron chi connectivity index (χ4n) is 3.99. The van der Waals surface area contributed by atoms with E-state index < -0.39 is 0 Å². The van der Waals surface area contributed by atoms with E-state index in [9.17, 15) is 4.79 Å². The Bertz CT molecular complexity index is 991. The molecule has 10 heteroatoms. The van der Waals surface area contributed by atoms with Gasteiger partial charge in [0.25, 0.3) is 5.91 Å². The van der Waals surface area contributed by atoms with E-state index in [1.807, 2.05) is 29.3 Å². The molecule has 1 atom stereocenters. The Balaban J connectivity index is 0.00000205. The molecule has 0 fully saturated rings. The molecule has 0 radical (unpaired) electrons. The largest absolute Gasteiger partial charge is 0.333 e. The van der Waals surface area contributed by atoms with Gasteiger partial charge in [-0.05, 0) is 19.1 Å². The lowest BCUT2D eigenvalue weighted by atomic mass is 10.2. The molecule has 0 bridgehead atoms. The number of fused-ring (bicyclic) bond motifs is 2. The van der Waals surface area contributed by atoms with Crippen molar-refractivity contribution in [2.24, 2.45) is 0 Å². The first-order valence-corrected chi connectivity index (χ1v) is 9.62. The van der Waals surface area contributed by atoms with Crippen LogP contribution in [0.1, 0.15) is 35.1 Å². The smallest absolute Gasteiger partial charge is 0.274 e. The monoisotopic (exact) mass is 414 g/mol. The lowest BCUT2D eigenvalue weighted by Crippen LogP contribution is -2.40. The molecular weight excluding hydrogens is 392 g/mol. The molecule has 1 amide bonds. The van der Waals surface area contributed by atoms with Crippen molar-refractivity contribution in [3.05, 3.63) is 47.9 Å². The number of imidazole rings is 1. The van der Waals surface area contributed by atoms with Gasteiger partial charge in [-0.2, -0.15) is 0 Å². The molecule has 0 unspecified atom stereocenters. The normalized spacial score (nSPS) is 18.4. The van der Waals surface area contributed by atoms with E-state index in [2.05, 4.69) is 41.5 Å². The van der Waals surface area contributed by atoms with E-state index in [-0.39, 0.29) is 24.4 Å². The van der Waals surface area contributed by atoms with Gasteiger partial charge in [0.2, 0.25) is 0 Å². The van der Waals surface area contributed by atoms with Crippen molar-refractivity contribution in [1.29, 1.82) is 0 Å². The number of hydrogen-bond acceptors (Lipinski definition) is 6. The Hall–Kier alpha value is -2.78. The Morgan fingerprint density at radius 2 is 2.10 bits per heavy atom. The van der Waals surface area contributed by atoms with Crippen molar-refractivity contribution in [1.82, 2.24) is 39.5 Å². The van der Waals surface area contributed by atoms with Crippen LogP contribution in [0.3, 0.4) is 0 Å². The van der Waals surface area contributed by atoms with Gasteiger partial charge in [-0.3, -0.25) is 9.78 Å². The van der Waals surface area contributed by atoms with Crippen LogP contribution in [-0.4, -0.2) is 59.7 Å². The second-order valence-corrected chi connectivity index (χ2v) is 7.30. The number of halogens is 1. The zero-order valence-corrected chi connectivity index (χ0v) is 17.0. The van der Waals surface area contributed by atoms with E-state index in [0.717, 1.165) is 49.2 Å². The Labute approximate surface area is 174 Å². The van der Waals surface area contributed by atoms with Gasteiger partial charge in [0.05, 0.1) is 12.6 Å². The highest BCUT2D eigenvalue weighted by Gasteiger charge is 2.31. The fraction of sp³-hybridized carbons (Fsp3) is 0.421. The van der Waals surface area contributed by atoms with Gasteiger partial charge in [0.1, 0.15) is 17.2 Å². The molecule has 0 spiro atoms. The van der Waals surface area contributed by atoms with Crippen molar-refractivity contribution in [2.45, 2.75) is 32.5 Å². The van der Waals surface area contributed by atoms with Crippen molar-refractivity contribution < 1.29 is 4.79 Å². The van der Waals surface area contributed by atoms with Crippen LogP contribution in [0.25, 0.3) is 11.5 Å². The number of carbonyl (C=O) groups excluding carboxylic acids is 1. The number of nitrogens with zero attached hydrogens (tertiary/aromatic N) is 7. The molecular formula is C19H23ClN8O. The molecule has 2 aliphatic rings. The Morgan fingerprint density at radius 1 is 1.21 bits per heavy atom.